The maximum absolute atomic E-state index is 11.7. The lowest BCUT2D eigenvalue weighted by molar-refractivity contribution is -0.124. The summed E-state index contributed by atoms with van der Waals surface area (Å²) in [6.07, 6.45) is 5.01. The molecule has 0 spiro atoms. The number of carbonyl (C=O) groups excluding carboxylic acids is 1. The van der Waals surface area contributed by atoms with E-state index in [1.165, 1.54) is 42.4 Å². The quantitative estimate of drug-likeness (QED) is 0.869. The molecule has 1 aliphatic carbocycles. The van der Waals surface area contributed by atoms with Crippen LogP contribution in [0.15, 0.2) is 18.2 Å². The van der Waals surface area contributed by atoms with Crippen molar-refractivity contribution in [1.29, 1.82) is 0 Å². The number of rotatable bonds is 3. The first-order chi connectivity index (χ1) is 8.58. The lowest BCUT2D eigenvalue weighted by atomic mass is 9.89. The zero-order chi connectivity index (χ0) is 13.1. The van der Waals surface area contributed by atoms with Crippen molar-refractivity contribution in [2.75, 3.05) is 0 Å². The number of nitrogens with one attached hydrogen (secondary N) is 1. The smallest absolute Gasteiger partial charge is 0.223 e. The summed E-state index contributed by atoms with van der Waals surface area (Å²) >= 11 is 0. The highest BCUT2D eigenvalue weighted by atomic mass is 16.1. The van der Waals surface area contributed by atoms with Crippen LogP contribution in [0.3, 0.4) is 0 Å². The van der Waals surface area contributed by atoms with Crippen LogP contribution < -0.4 is 5.32 Å². The van der Waals surface area contributed by atoms with Crippen molar-refractivity contribution in [3.8, 4) is 0 Å². The zero-order valence-corrected chi connectivity index (χ0v) is 11.6. The van der Waals surface area contributed by atoms with E-state index >= 15 is 0 Å². The van der Waals surface area contributed by atoms with Gasteiger partial charge in [-0.3, -0.25) is 4.79 Å². The minimum Gasteiger partial charge on any atom is -0.349 e. The molecule has 2 heteroatoms. The summed E-state index contributed by atoms with van der Waals surface area (Å²) in [6.45, 7) is 5.91. The summed E-state index contributed by atoms with van der Waals surface area (Å²) in [5.41, 5.74) is 4.20. The third-order valence-corrected chi connectivity index (χ3v) is 3.76. The Balaban J connectivity index is 2.11. The van der Waals surface area contributed by atoms with Gasteiger partial charge in [0.1, 0.15) is 0 Å². The number of hydrogen-bond acceptors (Lipinski definition) is 1. The van der Waals surface area contributed by atoms with Gasteiger partial charge in [-0.1, -0.05) is 32.0 Å². The van der Waals surface area contributed by atoms with Gasteiger partial charge in [0.05, 0.1) is 6.04 Å². The number of aryl methyl sites for hydroxylation is 2. The third-order valence-electron chi connectivity index (χ3n) is 3.76. The van der Waals surface area contributed by atoms with E-state index in [0.717, 1.165) is 0 Å². The molecule has 18 heavy (non-hydrogen) atoms. The summed E-state index contributed by atoms with van der Waals surface area (Å²) in [6, 6.07) is 6.78. The second kappa shape index (κ2) is 5.55. The molecule has 1 unspecified atom stereocenters. The highest BCUT2D eigenvalue weighted by Crippen LogP contribution is 2.24. The van der Waals surface area contributed by atoms with Gasteiger partial charge in [0.15, 0.2) is 0 Å². The number of fused-ring (bicyclic) bond motifs is 1. The molecule has 98 valence electrons. The van der Waals surface area contributed by atoms with Crippen LogP contribution in [-0.4, -0.2) is 5.91 Å². The monoisotopic (exact) mass is 245 g/mol. The minimum atomic E-state index is 0.0464. The molecule has 1 amide bonds. The summed E-state index contributed by atoms with van der Waals surface area (Å²) in [5, 5.41) is 3.06. The molecule has 0 heterocycles. The Bertz CT molecular complexity index is 437. The van der Waals surface area contributed by atoms with Gasteiger partial charge in [-0.2, -0.15) is 0 Å². The molecule has 0 aromatic heterocycles. The van der Waals surface area contributed by atoms with Gasteiger partial charge in [-0.05, 0) is 49.3 Å². The number of hydrogen-bond donors (Lipinski definition) is 1. The molecular formula is C16H23NO. The average molecular weight is 245 g/mol. The summed E-state index contributed by atoms with van der Waals surface area (Å²) < 4.78 is 0. The van der Waals surface area contributed by atoms with Gasteiger partial charge in [0.25, 0.3) is 0 Å². The standard InChI is InChI=1S/C16H23NO/c1-11(2)16(18)17-12(3)14-9-8-13-6-4-5-7-15(13)10-14/h8-12H,4-7H2,1-3H3,(H,17,18). The molecule has 1 aromatic rings. The molecule has 2 rings (SSSR count). The number of carbonyl (C=O) groups is 1. The van der Waals surface area contributed by atoms with E-state index in [2.05, 4.69) is 30.4 Å². The second-order valence-electron chi connectivity index (χ2n) is 5.62. The van der Waals surface area contributed by atoms with Crippen molar-refractivity contribution in [1.82, 2.24) is 5.32 Å². The molecule has 0 fully saturated rings. The van der Waals surface area contributed by atoms with Gasteiger partial charge in [-0.25, -0.2) is 0 Å². The Kier molecular flexibility index (Phi) is 4.05. The predicted molar refractivity (Wildman–Crippen MR) is 74.5 cm³/mol. The fourth-order valence-corrected chi connectivity index (χ4v) is 2.49. The van der Waals surface area contributed by atoms with Crippen molar-refractivity contribution < 1.29 is 4.79 Å². The molecule has 0 saturated carbocycles. The van der Waals surface area contributed by atoms with Crippen LogP contribution in [0.4, 0.5) is 0 Å². The Morgan fingerprint density at radius 3 is 2.44 bits per heavy atom. The van der Waals surface area contributed by atoms with Crippen molar-refractivity contribution in [3.05, 3.63) is 34.9 Å². The first kappa shape index (κ1) is 13.1. The first-order valence-corrected chi connectivity index (χ1v) is 7.00. The molecule has 0 saturated heterocycles. The van der Waals surface area contributed by atoms with Crippen LogP contribution in [0.5, 0.6) is 0 Å². The third kappa shape index (κ3) is 2.92. The van der Waals surface area contributed by atoms with E-state index in [1.807, 2.05) is 13.8 Å². The van der Waals surface area contributed by atoms with Crippen molar-refractivity contribution in [3.63, 3.8) is 0 Å². The lowest BCUT2D eigenvalue weighted by Crippen LogP contribution is -2.30. The van der Waals surface area contributed by atoms with Gasteiger partial charge in [-0.15, -0.1) is 0 Å². The Morgan fingerprint density at radius 2 is 1.78 bits per heavy atom. The van der Waals surface area contributed by atoms with Crippen LogP contribution in [-0.2, 0) is 17.6 Å². The van der Waals surface area contributed by atoms with E-state index in [-0.39, 0.29) is 17.9 Å². The molecule has 0 radical (unpaired) electrons. The highest BCUT2D eigenvalue weighted by Gasteiger charge is 2.15. The average Bonchev–Trinajstić information content (AvgIpc) is 2.37. The van der Waals surface area contributed by atoms with E-state index in [9.17, 15) is 4.79 Å². The summed E-state index contributed by atoms with van der Waals surface area (Å²) in [4.78, 5) is 11.7. The van der Waals surface area contributed by atoms with E-state index in [0.29, 0.717) is 0 Å². The number of benzene rings is 1. The minimum absolute atomic E-state index is 0.0464. The van der Waals surface area contributed by atoms with E-state index in [1.54, 1.807) is 0 Å². The van der Waals surface area contributed by atoms with Gasteiger partial charge in [0.2, 0.25) is 5.91 Å². The Labute approximate surface area is 110 Å². The molecule has 1 aromatic carbocycles. The molecule has 2 nitrogen and oxygen atoms in total. The molecule has 0 bridgehead atoms. The summed E-state index contributed by atoms with van der Waals surface area (Å²) in [7, 11) is 0. The fourth-order valence-electron chi connectivity index (χ4n) is 2.49. The molecule has 1 atom stereocenters. The normalized spacial score (nSPS) is 16.2. The van der Waals surface area contributed by atoms with Crippen LogP contribution >= 0.6 is 0 Å². The van der Waals surface area contributed by atoms with E-state index in [4.69, 9.17) is 0 Å². The van der Waals surface area contributed by atoms with Crippen molar-refractivity contribution in [2.45, 2.75) is 52.5 Å². The van der Waals surface area contributed by atoms with Crippen molar-refractivity contribution in [2.24, 2.45) is 5.92 Å². The SMILES string of the molecule is CC(C)C(=O)NC(C)c1ccc2c(c1)CCCC2. The zero-order valence-electron chi connectivity index (χ0n) is 11.6. The van der Waals surface area contributed by atoms with Crippen LogP contribution in [0.1, 0.15) is 56.3 Å². The van der Waals surface area contributed by atoms with Crippen LogP contribution in [0.25, 0.3) is 0 Å². The first-order valence-electron chi connectivity index (χ1n) is 7.00. The second-order valence-corrected chi connectivity index (χ2v) is 5.62. The molecule has 0 aliphatic heterocycles. The maximum Gasteiger partial charge on any atom is 0.223 e. The van der Waals surface area contributed by atoms with E-state index < -0.39 is 0 Å². The fraction of sp³-hybridized carbons (Fsp3) is 0.562. The van der Waals surface area contributed by atoms with Gasteiger partial charge in [0, 0.05) is 5.92 Å². The maximum atomic E-state index is 11.7. The highest BCUT2D eigenvalue weighted by molar-refractivity contribution is 5.78. The van der Waals surface area contributed by atoms with Crippen molar-refractivity contribution >= 4 is 5.91 Å². The predicted octanol–water partition coefficient (Wildman–Crippen LogP) is 3.40. The van der Waals surface area contributed by atoms with Gasteiger partial charge >= 0.3 is 0 Å². The van der Waals surface area contributed by atoms with Crippen LogP contribution in [0.2, 0.25) is 0 Å². The Morgan fingerprint density at radius 1 is 1.11 bits per heavy atom. The molecule has 1 aliphatic rings. The molecular weight excluding hydrogens is 222 g/mol. The van der Waals surface area contributed by atoms with Crippen LogP contribution in [0, 0.1) is 5.92 Å². The summed E-state index contributed by atoms with van der Waals surface area (Å²) in [5.74, 6) is 0.172. The number of amides is 1. The Hall–Kier alpha value is -1.31. The lowest BCUT2D eigenvalue weighted by Gasteiger charge is -2.20. The van der Waals surface area contributed by atoms with Gasteiger partial charge < -0.3 is 5.32 Å². The largest absolute Gasteiger partial charge is 0.349 e. The molecule has 1 N–H and O–H groups in total. The topological polar surface area (TPSA) is 29.1 Å².